The maximum Gasteiger partial charge on any atom is 0.172 e. The largest absolute Gasteiger partial charge is 0.357 e. The number of rotatable bonds is 7. The second-order valence-electron chi connectivity index (χ2n) is 4.17. The van der Waals surface area contributed by atoms with Gasteiger partial charge in [0.2, 0.25) is 0 Å². The quantitative estimate of drug-likeness (QED) is 0.567. The Morgan fingerprint density at radius 1 is 1.29 bits per heavy atom. The number of nitrogens with zero attached hydrogens (tertiary/aromatic N) is 3. The first-order valence-corrected chi connectivity index (χ1v) is 8.42. The van der Waals surface area contributed by atoms with Crippen molar-refractivity contribution >= 4 is 26.8 Å². The van der Waals surface area contributed by atoms with Gasteiger partial charge in [0.1, 0.15) is 0 Å². The van der Waals surface area contributed by atoms with E-state index in [2.05, 4.69) is 34.0 Å². The van der Waals surface area contributed by atoms with Crippen LogP contribution in [0.2, 0.25) is 0 Å². The molecule has 1 rings (SSSR count). The van der Waals surface area contributed by atoms with Crippen LogP contribution in [0, 0.1) is 0 Å². The topological polar surface area (TPSA) is 30.9 Å². The Hall–Kier alpha value is 0.0900. The zero-order valence-electron chi connectivity index (χ0n) is 11.3. The second kappa shape index (κ2) is 8.24. The van der Waals surface area contributed by atoms with Gasteiger partial charge in [0.05, 0.1) is 0 Å². The number of hydrogen-bond donors (Lipinski definition) is 1. The smallest absolute Gasteiger partial charge is 0.172 e. The van der Waals surface area contributed by atoms with E-state index in [4.69, 9.17) is 0 Å². The Bertz CT molecular complexity index is 242. The molecular formula is C11H24N4S2. The summed E-state index contributed by atoms with van der Waals surface area (Å²) in [5.41, 5.74) is 0.231. The lowest BCUT2D eigenvalue weighted by molar-refractivity contribution is 0.298. The summed E-state index contributed by atoms with van der Waals surface area (Å²) in [5.74, 6) is 0. The predicted octanol–water partition coefficient (Wildman–Crippen LogP) is 1.90. The number of aliphatic imine (C=N–C) groups is 1. The van der Waals surface area contributed by atoms with Crippen LogP contribution in [0.4, 0.5) is 0 Å². The Morgan fingerprint density at radius 3 is 2.53 bits per heavy atom. The lowest BCUT2D eigenvalue weighted by Gasteiger charge is -2.18. The Labute approximate surface area is 113 Å². The first kappa shape index (κ1) is 15.1. The molecule has 0 aliphatic carbocycles. The molecule has 1 unspecified atom stereocenters. The van der Waals surface area contributed by atoms with Crippen molar-refractivity contribution in [1.82, 2.24) is 15.1 Å². The highest BCUT2D eigenvalue weighted by molar-refractivity contribution is 8.82. The SMILES string of the molecule is CCN(CC)CCCNC1N=C(N(C)C)SS1. The van der Waals surface area contributed by atoms with Gasteiger partial charge in [-0.05, 0) is 54.2 Å². The molecule has 0 aromatic rings. The maximum absolute atomic E-state index is 4.59. The average Bonchev–Trinajstić information content (AvgIpc) is 2.78. The highest BCUT2D eigenvalue weighted by Crippen LogP contribution is 2.35. The molecule has 0 fully saturated rings. The molecule has 1 N–H and O–H groups in total. The molecule has 0 aromatic carbocycles. The molecule has 17 heavy (non-hydrogen) atoms. The molecule has 100 valence electrons. The van der Waals surface area contributed by atoms with E-state index in [0.29, 0.717) is 0 Å². The van der Waals surface area contributed by atoms with Crippen LogP contribution in [0.5, 0.6) is 0 Å². The van der Waals surface area contributed by atoms with Crippen molar-refractivity contribution in [2.24, 2.45) is 4.99 Å². The van der Waals surface area contributed by atoms with Gasteiger partial charge in [0, 0.05) is 14.1 Å². The molecule has 1 atom stereocenters. The van der Waals surface area contributed by atoms with Gasteiger partial charge in [0.15, 0.2) is 10.7 Å². The van der Waals surface area contributed by atoms with Crippen molar-refractivity contribution in [3.8, 4) is 0 Å². The van der Waals surface area contributed by atoms with Crippen LogP contribution >= 0.6 is 21.6 Å². The van der Waals surface area contributed by atoms with Crippen LogP contribution in [0.3, 0.4) is 0 Å². The normalized spacial score (nSPS) is 19.8. The van der Waals surface area contributed by atoms with Crippen LogP contribution in [0.1, 0.15) is 20.3 Å². The third-order valence-corrected chi connectivity index (χ3v) is 5.14. The molecule has 0 bridgehead atoms. The summed E-state index contributed by atoms with van der Waals surface area (Å²) >= 11 is 0. The molecule has 0 radical (unpaired) electrons. The number of amidine groups is 1. The number of hydrogen-bond acceptors (Lipinski definition) is 6. The van der Waals surface area contributed by atoms with Crippen molar-refractivity contribution in [3.05, 3.63) is 0 Å². The lowest BCUT2D eigenvalue weighted by atomic mass is 10.3. The molecule has 1 aliphatic heterocycles. The minimum absolute atomic E-state index is 0.231. The molecule has 0 aromatic heterocycles. The summed E-state index contributed by atoms with van der Waals surface area (Å²) in [6.07, 6.45) is 1.19. The number of nitrogens with one attached hydrogen (secondary N) is 1. The maximum atomic E-state index is 4.59. The molecular weight excluding hydrogens is 252 g/mol. The van der Waals surface area contributed by atoms with Gasteiger partial charge in [0.25, 0.3) is 0 Å². The molecule has 6 heteroatoms. The zero-order chi connectivity index (χ0) is 12.7. The van der Waals surface area contributed by atoms with E-state index in [1.54, 1.807) is 21.6 Å². The van der Waals surface area contributed by atoms with Crippen LogP contribution in [-0.4, -0.2) is 60.7 Å². The van der Waals surface area contributed by atoms with E-state index >= 15 is 0 Å². The van der Waals surface area contributed by atoms with Gasteiger partial charge in [-0.2, -0.15) is 0 Å². The minimum atomic E-state index is 0.231. The summed E-state index contributed by atoms with van der Waals surface area (Å²) in [6, 6.07) is 0. The van der Waals surface area contributed by atoms with Gasteiger partial charge >= 0.3 is 0 Å². The molecule has 0 amide bonds. The van der Waals surface area contributed by atoms with Crippen molar-refractivity contribution in [2.45, 2.75) is 25.8 Å². The minimum Gasteiger partial charge on any atom is -0.357 e. The van der Waals surface area contributed by atoms with Gasteiger partial charge in [-0.25, -0.2) is 4.99 Å². The van der Waals surface area contributed by atoms with Gasteiger partial charge in [-0.1, -0.05) is 13.8 Å². The predicted molar refractivity (Wildman–Crippen MR) is 80.5 cm³/mol. The van der Waals surface area contributed by atoms with E-state index in [9.17, 15) is 0 Å². The summed E-state index contributed by atoms with van der Waals surface area (Å²) in [7, 11) is 7.62. The summed E-state index contributed by atoms with van der Waals surface area (Å²) in [5, 5.41) is 4.58. The van der Waals surface area contributed by atoms with E-state index < -0.39 is 0 Å². The fourth-order valence-corrected chi connectivity index (χ4v) is 3.88. The van der Waals surface area contributed by atoms with E-state index in [-0.39, 0.29) is 5.50 Å². The van der Waals surface area contributed by atoms with Crippen molar-refractivity contribution < 1.29 is 0 Å². The third-order valence-electron chi connectivity index (χ3n) is 2.69. The highest BCUT2D eigenvalue weighted by atomic mass is 33.1. The standard InChI is InChI=1S/C11H24N4S2/c1-5-15(6-2)9-7-8-12-10-13-11(14(3)4)17-16-10/h10,12H,5-9H2,1-4H3. The lowest BCUT2D eigenvalue weighted by Crippen LogP contribution is -2.29. The van der Waals surface area contributed by atoms with Crippen LogP contribution < -0.4 is 5.32 Å². The first-order chi connectivity index (χ1) is 8.17. The van der Waals surface area contributed by atoms with Gasteiger partial charge in [-0.15, -0.1) is 0 Å². The fraction of sp³-hybridized carbons (Fsp3) is 0.909. The molecule has 1 aliphatic rings. The van der Waals surface area contributed by atoms with Gasteiger partial charge in [-0.3, -0.25) is 5.32 Å². The van der Waals surface area contributed by atoms with Crippen LogP contribution in [-0.2, 0) is 0 Å². The zero-order valence-corrected chi connectivity index (χ0v) is 12.9. The van der Waals surface area contributed by atoms with E-state index in [0.717, 1.165) is 24.8 Å². The van der Waals surface area contributed by atoms with Crippen LogP contribution in [0.15, 0.2) is 4.99 Å². The molecule has 0 saturated heterocycles. The van der Waals surface area contributed by atoms with Gasteiger partial charge < -0.3 is 9.80 Å². The van der Waals surface area contributed by atoms with E-state index in [1.807, 2.05) is 14.1 Å². The van der Waals surface area contributed by atoms with Crippen molar-refractivity contribution in [2.75, 3.05) is 40.3 Å². The highest BCUT2D eigenvalue weighted by Gasteiger charge is 2.19. The summed E-state index contributed by atoms with van der Waals surface area (Å²) < 4.78 is 0. The molecule has 0 spiro atoms. The molecule has 4 nitrogen and oxygen atoms in total. The molecule has 0 saturated carbocycles. The summed E-state index contributed by atoms with van der Waals surface area (Å²) in [4.78, 5) is 9.10. The third kappa shape index (κ3) is 5.50. The van der Waals surface area contributed by atoms with Crippen LogP contribution in [0.25, 0.3) is 0 Å². The van der Waals surface area contributed by atoms with Crippen molar-refractivity contribution in [1.29, 1.82) is 0 Å². The molecule has 1 heterocycles. The monoisotopic (exact) mass is 276 g/mol. The Balaban J connectivity index is 2.12. The summed E-state index contributed by atoms with van der Waals surface area (Å²) in [6.45, 7) is 8.94. The fourth-order valence-electron chi connectivity index (χ4n) is 1.57. The second-order valence-corrected chi connectivity index (χ2v) is 6.42. The average molecular weight is 276 g/mol. The van der Waals surface area contributed by atoms with E-state index in [1.165, 1.54) is 13.0 Å². The first-order valence-electron chi connectivity index (χ1n) is 6.21. The Morgan fingerprint density at radius 2 is 2.00 bits per heavy atom. The Kier molecular flexibility index (Phi) is 7.34. The van der Waals surface area contributed by atoms with Crippen molar-refractivity contribution in [3.63, 3.8) is 0 Å².